The van der Waals surface area contributed by atoms with Crippen LogP contribution in [0.4, 0.5) is 4.79 Å². The molecule has 2 aromatic carbocycles. The van der Waals surface area contributed by atoms with Gasteiger partial charge in [0.2, 0.25) is 0 Å². The Bertz CT molecular complexity index is 1050. The third kappa shape index (κ3) is 3.54. The second kappa shape index (κ2) is 7.30. The summed E-state index contributed by atoms with van der Waals surface area (Å²) >= 11 is 0. The molecule has 1 amide bonds. The Morgan fingerprint density at radius 1 is 1.06 bits per heavy atom. The van der Waals surface area contributed by atoms with Crippen LogP contribution >= 0.6 is 0 Å². The fraction of sp³-hybridized carbons (Fsp3) is 0.462. The number of rotatable bonds is 1. The number of hydrogen-bond acceptors (Lipinski definition) is 4. The van der Waals surface area contributed by atoms with Gasteiger partial charge in [0.15, 0.2) is 0 Å². The fourth-order valence-corrected chi connectivity index (χ4v) is 5.68. The Hall–Kier alpha value is -3.00. The lowest BCUT2D eigenvalue weighted by Gasteiger charge is -2.43. The van der Waals surface area contributed by atoms with Crippen molar-refractivity contribution < 1.29 is 14.3 Å². The number of nitrogens with zero attached hydrogens (tertiary/aromatic N) is 2. The van der Waals surface area contributed by atoms with E-state index >= 15 is 0 Å². The van der Waals surface area contributed by atoms with Crippen LogP contribution in [-0.4, -0.2) is 28.7 Å². The molecule has 31 heavy (non-hydrogen) atoms. The van der Waals surface area contributed by atoms with Gasteiger partial charge in [-0.15, -0.1) is 0 Å². The van der Waals surface area contributed by atoms with Crippen LogP contribution in [0, 0.1) is 17.2 Å². The quantitative estimate of drug-likeness (QED) is 0.574. The van der Waals surface area contributed by atoms with E-state index in [0.717, 1.165) is 42.7 Å². The van der Waals surface area contributed by atoms with E-state index < -0.39 is 5.60 Å². The van der Waals surface area contributed by atoms with Crippen LogP contribution in [0.1, 0.15) is 69.1 Å². The van der Waals surface area contributed by atoms with Crippen LogP contribution in [0.2, 0.25) is 0 Å². The summed E-state index contributed by atoms with van der Waals surface area (Å²) in [4.78, 5) is 14.9. The minimum Gasteiger partial charge on any atom is -0.457 e. The summed E-state index contributed by atoms with van der Waals surface area (Å²) in [6.45, 7) is 5.76. The predicted octanol–water partition coefficient (Wildman–Crippen LogP) is 5.97. The topological polar surface area (TPSA) is 62.6 Å². The van der Waals surface area contributed by atoms with Crippen molar-refractivity contribution in [2.45, 2.75) is 70.1 Å². The molecule has 5 heteroatoms. The van der Waals surface area contributed by atoms with Crippen LogP contribution in [0.25, 0.3) is 0 Å². The fourth-order valence-electron chi connectivity index (χ4n) is 5.68. The minimum absolute atomic E-state index is 0.176. The Kier molecular flexibility index (Phi) is 4.69. The predicted molar refractivity (Wildman–Crippen MR) is 117 cm³/mol. The van der Waals surface area contributed by atoms with Gasteiger partial charge >= 0.3 is 6.09 Å². The van der Waals surface area contributed by atoms with E-state index in [1.807, 2.05) is 49.9 Å². The number of piperidine rings is 1. The van der Waals surface area contributed by atoms with Crippen molar-refractivity contribution >= 4 is 6.09 Å². The maximum Gasteiger partial charge on any atom is 0.410 e. The number of carbonyl (C=O) groups is 1. The molecule has 0 radical (unpaired) electrons. The highest BCUT2D eigenvalue weighted by atomic mass is 16.6. The molecule has 3 unspecified atom stereocenters. The van der Waals surface area contributed by atoms with E-state index in [0.29, 0.717) is 11.5 Å². The van der Waals surface area contributed by atoms with Crippen LogP contribution in [-0.2, 0) is 4.74 Å². The molecule has 0 spiro atoms. The molecule has 2 bridgehead atoms. The van der Waals surface area contributed by atoms with Gasteiger partial charge in [-0.2, -0.15) is 5.26 Å². The van der Waals surface area contributed by atoms with Gasteiger partial charge in [-0.1, -0.05) is 24.3 Å². The third-order valence-electron chi connectivity index (χ3n) is 6.80. The number of fused-ring (bicyclic) bond motifs is 4. The van der Waals surface area contributed by atoms with E-state index in [-0.39, 0.29) is 24.1 Å². The lowest BCUT2D eigenvalue weighted by molar-refractivity contribution is 0.000984. The summed E-state index contributed by atoms with van der Waals surface area (Å²) < 4.78 is 11.9. The van der Waals surface area contributed by atoms with Crippen LogP contribution in [0.15, 0.2) is 42.5 Å². The minimum atomic E-state index is -0.482. The van der Waals surface area contributed by atoms with Crippen molar-refractivity contribution in [2.24, 2.45) is 5.92 Å². The van der Waals surface area contributed by atoms with Gasteiger partial charge in [0.1, 0.15) is 17.1 Å². The maximum atomic E-state index is 12.9. The zero-order chi connectivity index (χ0) is 21.8. The van der Waals surface area contributed by atoms with Crippen molar-refractivity contribution in [3.05, 3.63) is 59.2 Å². The first-order valence-corrected chi connectivity index (χ1v) is 11.2. The molecule has 0 aromatic heterocycles. The molecule has 3 aliphatic rings. The van der Waals surface area contributed by atoms with E-state index in [1.165, 1.54) is 5.56 Å². The number of hydrogen-bond donors (Lipinski definition) is 0. The highest BCUT2D eigenvalue weighted by molar-refractivity contribution is 5.70. The smallest absolute Gasteiger partial charge is 0.410 e. The molecule has 3 aliphatic heterocycles. The molecule has 2 fully saturated rings. The maximum absolute atomic E-state index is 12.9. The molecule has 0 N–H and O–H groups in total. The van der Waals surface area contributed by atoms with Crippen molar-refractivity contribution in [2.75, 3.05) is 0 Å². The number of amides is 1. The first-order chi connectivity index (χ1) is 14.8. The zero-order valence-electron chi connectivity index (χ0n) is 18.3. The van der Waals surface area contributed by atoms with Crippen molar-refractivity contribution in [3.8, 4) is 17.6 Å². The van der Waals surface area contributed by atoms with Gasteiger partial charge in [-0.3, -0.25) is 0 Å². The molecule has 2 saturated heterocycles. The van der Waals surface area contributed by atoms with E-state index in [4.69, 9.17) is 9.47 Å². The third-order valence-corrected chi connectivity index (χ3v) is 6.80. The zero-order valence-corrected chi connectivity index (χ0v) is 18.3. The molecule has 0 saturated carbocycles. The van der Waals surface area contributed by atoms with Gasteiger partial charge in [0.05, 0.1) is 11.6 Å². The largest absolute Gasteiger partial charge is 0.457 e. The Balaban J connectivity index is 1.47. The van der Waals surface area contributed by atoms with Crippen molar-refractivity contribution in [3.63, 3.8) is 0 Å². The summed E-state index contributed by atoms with van der Waals surface area (Å²) in [5, 5.41) is 9.33. The van der Waals surface area contributed by atoms with Gasteiger partial charge in [0.25, 0.3) is 0 Å². The SMILES string of the molecule is CC(C)(C)OC(=O)N1C2CCC1CC(C1c3ccccc3Oc3cc(C#N)ccc31)C2. The molecule has 0 aliphatic carbocycles. The van der Waals surface area contributed by atoms with E-state index in [1.54, 1.807) is 0 Å². The lowest BCUT2D eigenvalue weighted by atomic mass is 9.72. The average Bonchev–Trinajstić information content (AvgIpc) is 3.00. The summed E-state index contributed by atoms with van der Waals surface area (Å²) in [7, 11) is 0. The summed E-state index contributed by atoms with van der Waals surface area (Å²) in [5.41, 5.74) is 2.48. The standard InChI is InChI=1S/C26H28N2O3/c1-26(2,3)31-25(29)28-18-9-10-19(28)14-17(13-18)24-20-6-4-5-7-22(20)30-23-12-16(15-27)8-11-21(23)24/h4-8,11-12,17-19,24H,9-10,13-14H2,1-3H3. The van der Waals surface area contributed by atoms with Gasteiger partial charge < -0.3 is 14.4 Å². The molecule has 5 rings (SSSR count). The van der Waals surface area contributed by atoms with E-state index in [9.17, 15) is 10.1 Å². The van der Waals surface area contributed by atoms with Crippen molar-refractivity contribution in [1.29, 1.82) is 5.26 Å². The van der Waals surface area contributed by atoms with Crippen LogP contribution < -0.4 is 4.74 Å². The van der Waals surface area contributed by atoms with E-state index in [2.05, 4.69) is 24.3 Å². The number of ether oxygens (including phenoxy) is 2. The normalized spacial score (nSPS) is 26.3. The number of para-hydroxylation sites is 1. The molecular formula is C26H28N2O3. The highest BCUT2D eigenvalue weighted by Gasteiger charge is 2.48. The summed E-state index contributed by atoms with van der Waals surface area (Å²) in [5.74, 6) is 2.27. The lowest BCUT2D eigenvalue weighted by Crippen LogP contribution is -2.49. The molecule has 160 valence electrons. The van der Waals surface area contributed by atoms with Crippen LogP contribution in [0.3, 0.4) is 0 Å². The molecule has 3 atom stereocenters. The Labute approximate surface area is 183 Å². The Morgan fingerprint density at radius 2 is 1.74 bits per heavy atom. The first-order valence-electron chi connectivity index (χ1n) is 11.2. The molecular weight excluding hydrogens is 388 g/mol. The van der Waals surface area contributed by atoms with Gasteiger partial charge in [-0.05, 0) is 70.6 Å². The second-order valence-corrected chi connectivity index (χ2v) is 9.99. The number of nitriles is 1. The van der Waals surface area contributed by atoms with Crippen molar-refractivity contribution in [1.82, 2.24) is 4.90 Å². The molecule has 2 aromatic rings. The summed E-state index contributed by atoms with van der Waals surface area (Å²) in [6.07, 6.45) is 3.80. The van der Waals surface area contributed by atoms with Gasteiger partial charge in [0, 0.05) is 29.1 Å². The second-order valence-electron chi connectivity index (χ2n) is 9.99. The Morgan fingerprint density at radius 3 is 2.42 bits per heavy atom. The highest BCUT2D eigenvalue weighted by Crippen LogP contribution is 2.53. The summed E-state index contributed by atoms with van der Waals surface area (Å²) in [6, 6.07) is 16.7. The monoisotopic (exact) mass is 416 g/mol. The average molecular weight is 417 g/mol. The van der Waals surface area contributed by atoms with Crippen LogP contribution in [0.5, 0.6) is 11.5 Å². The number of carbonyl (C=O) groups excluding carboxylic acids is 1. The first kappa shape index (κ1) is 19.9. The molecule has 5 nitrogen and oxygen atoms in total. The molecule has 3 heterocycles. The van der Waals surface area contributed by atoms with Gasteiger partial charge in [-0.25, -0.2) is 4.79 Å². The number of benzene rings is 2.